The van der Waals surface area contributed by atoms with E-state index in [1.807, 2.05) is 18.0 Å². The predicted molar refractivity (Wildman–Crippen MR) is 95.6 cm³/mol. The summed E-state index contributed by atoms with van der Waals surface area (Å²) in [5.41, 5.74) is 1.46. The van der Waals surface area contributed by atoms with Gasteiger partial charge in [0.15, 0.2) is 0 Å². The quantitative estimate of drug-likeness (QED) is 0.838. The van der Waals surface area contributed by atoms with Crippen molar-refractivity contribution < 1.29 is 14.3 Å². The van der Waals surface area contributed by atoms with Crippen LogP contribution in [0.25, 0.3) is 0 Å². The second kappa shape index (κ2) is 7.46. The Labute approximate surface area is 150 Å². The summed E-state index contributed by atoms with van der Waals surface area (Å²) < 4.78 is 13.5. The topological polar surface area (TPSA) is 56.6 Å². The molecule has 1 aromatic rings. The molecule has 1 atom stereocenters. The van der Waals surface area contributed by atoms with Crippen LogP contribution < -0.4 is 0 Å². The molecule has 2 aliphatic rings. The van der Waals surface area contributed by atoms with Crippen LogP contribution in [0.3, 0.4) is 0 Å². The molecule has 6 heteroatoms. The van der Waals surface area contributed by atoms with Crippen LogP contribution in [0.2, 0.25) is 0 Å². The zero-order chi connectivity index (χ0) is 18.0. The maximum atomic E-state index is 12.9. The Balaban J connectivity index is 1.66. The summed E-state index contributed by atoms with van der Waals surface area (Å²) in [5.74, 6) is 0.603. The molecule has 3 rings (SSSR count). The van der Waals surface area contributed by atoms with Crippen molar-refractivity contribution in [2.45, 2.75) is 57.7 Å². The third kappa shape index (κ3) is 3.75. The average molecular weight is 349 g/mol. The van der Waals surface area contributed by atoms with Crippen molar-refractivity contribution in [3.8, 4) is 0 Å². The Bertz CT molecular complexity index is 603. The zero-order valence-electron chi connectivity index (χ0n) is 16.0. The molecule has 0 aliphatic carbocycles. The van der Waals surface area contributed by atoms with E-state index in [1.165, 1.54) is 0 Å². The van der Waals surface area contributed by atoms with Crippen LogP contribution in [0.1, 0.15) is 55.7 Å². The van der Waals surface area contributed by atoms with Gasteiger partial charge in [-0.25, -0.2) is 0 Å². The number of hydrogen-bond donors (Lipinski definition) is 0. The normalized spacial score (nSPS) is 23.4. The molecule has 0 bridgehead atoms. The number of amides is 1. The fourth-order valence-corrected chi connectivity index (χ4v) is 4.19. The highest BCUT2D eigenvalue weighted by Crippen LogP contribution is 2.37. The van der Waals surface area contributed by atoms with E-state index in [0.717, 1.165) is 44.4 Å². The van der Waals surface area contributed by atoms with E-state index in [-0.39, 0.29) is 17.6 Å². The molecule has 3 heterocycles. The molecule has 2 saturated heterocycles. The average Bonchev–Trinajstić information content (AvgIpc) is 2.95. The maximum Gasteiger partial charge on any atom is 0.272 e. The minimum absolute atomic E-state index is 0.0737. The van der Waals surface area contributed by atoms with Crippen molar-refractivity contribution in [3.05, 3.63) is 17.5 Å². The molecule has 0 radical (unpaired) electrons. The van der Waals surface area contributed by atoms with E-state index in [1.54, 1.807) is 11.8 Å². The second-order valence-corrected chi connectivity index (χ2v) is 7.81. The van der Waals surface area contributed by atoms with Gasteiger partial charge in [-0.15, -0.1) is 0 Å². The van der Waals surface area contributed by atoms with Crippen LogP contribution in [0, 0.1) is 5.92 Å². The number of ether oxygens (including phenoxy) is 2. The number of aryl methyl sites for hydroxylation is 1. The summed E-state index contributed by atoms with van der Waals surface area (Å²) in [4.78, 5) is 14.9. The first-order valence-corrected chi connectivity index (χ1v) is 9.44. The van der Waals surface area contributed by atoms with Crippen LogP contribution >= 0.6 is 0 Å². The predicted octanol–water partition coefficient (Wildman–Crippen LogP) is 2.42. The summed E-state index contributed by atoms with van der Waals surface area (Å²) in [6, 6.07) is 1.95. The third-order valence-electron chi connectivity index (χ3n) is 5.54. The Morgan fingerprint density at radius 1 is 1.44 bits per heavy atom. The lowest BCUT2D eigenvalue weighted by Gasteiger charge is -2.47. The molecular formula is C19H31N3O3. The highest BCUT2D eigenvalue weighted by Gasteiger charge is 2.45. The van der Waals surface area contributed by atoms with Crippen LogP contribution in [0.4, 0.5) is 0 Å². The number of likely N-dealkylation sites (tertiary alicyclic amines) is 1. The fourth-order valence-electron chi connectivity index (χ4n) is 4.19. The zero-order valence-corrected chi connectivity index (χ0v) is 16.0. The highest BCUT2D eigenvalue weighted by molar-refractivity contribution is 5.92. The lowest BCUT2D eigenvalue weighted by molar-refractivity contribution is -0.183. The van der Waals surface area contributed by atoms with Crippen molar-refractivity contribution in [1.82, 2.24) is 14.7 Å². The van der Waals surface area contributed by atoms with Crippen LogP contribution in [-0.2, 0) is 22.9 Å². The summed E-state index contributed by atoms with van der Waals surface area (Å²) in [6.07, 6.45) is 4.82. The Morgan fingerprint density at radius 3 is 2.80 bits per heavy atom. The van der Waals surface area contributed by atoms with E-state index >= 15 is 0 Å². The van der Waals surface area contributed by atoms with Gasteiger partial charge in [0, 0.05) is 33.9 Å². The van der Waals surface area contributed by atoms with Gasteiger partial charge in [0.05, 0.1) is 17.4 Å². The van der Waals surface area contributed by atoms with E-state index in [2.05, 4.69) is 18.9 Å². The van der Waals surface area contributed by atoms with Gasteiger partial charge in [-0.1, -0.05) is 13.8 Å². The molecule has 1 spiro atoms. The summed E-state index contributed by atoms with van der Waals surface area (Å²) in [6.45, 7) is 6.55. The van der Waals surface area contributed by atoms with E-state index in [9.17, 15) is 4.79 Å². The van der Waals surface area contributed by atoms with E-state index in [4.69, 9.17) is 9.47 Å². The number of methoxy groups -OCH3 is 1. The maximum absolute atomic E-state index is 12.9. The number of piperidine rings is 1. The van der Waals surface area contributed by atoms with Gasteiger partial charge < -0.3 is 14.4 Å². The standard InChI is InChI=1S/C19H31N3O3/c1-14(2)12-15-13-16(21(3)20-15)18(23)22-9-7-19(8-10-22)17(24-4)6-5-11-25-19/h13-14,17H,5-12H2,1-4H3. The van der Waals surface area contributed by atoms with Crippen LogP contribution in [0.15, 0.2) is 6.07 Å². The van der Waals surface area contributed by atoms with Crippen LogP contribution in [-0.4, -0.2) is 59.1 Å². The molecule has 2 aliphatic heterocycles. The second-order valence-electron chi connectivity index (χ2n) is 7.81. The number of nitrogens with zero attached hydrogens (tertiary/aromatic N) is 3. The number of hydrogen-bond acceptors (Lipinski definition) is 4. The number of rotatable bonds is 4. The summed E-state index contributed by atoms with van der Waals surface area (Å²) in [7, 11) is 3.62. The van der Waals surface area contributed by atoms with Gasteiger partial charge in [-0.2, -0.15) is 5.10 Å². The Hall–Kier alpha value is -1.40. The first-order valence-electron chi connectivity index (χ1n) is 9.44. The van der Waals surface area contributed by atoms with Crippen molar-refractivity contribution in [1.29, 1.82) is 0 Å². The highest BCUT2D eigenvalue weighted by atomic mass is 16.5. The van der Waals surface area contributed by atoms with Gasteiger partial charge in [-0.3, -0.25) is 9.48 Å². The fraction of sp³-hybridized carbons (Fsp3) is 0.789. The molecule has 2 fully saturated rings. The monoisotopic (exact) mass is 349 g/mol. The molecular weight excluding hydrogens is 318 g/mol. The minimum atomic E-state index is -0.209. The molecule has 25 heavy (non-hydrogen) atoms. The van der Waals surface area contributed by atoms with Gasteiger partial charge >= 0.3 is 0 Å². The smallest absolute Gasteiger partial charge is 0.272 e. The Kier molecular flexibility index (Phi) is 5.49. The molecule has 0 aromatic carbocycles. The first-order chi connectivity index (χ1) is 11.9. The molecule has 1 unspecified atom stereocenters. The molecule has 0 N–H and O–H groups in total. The first kappa shape index (κ1) is 18.4. The molecule has 0 saturated carbocycles. The van der Waals surface area contributed by atoms with Gasteiger partial charge in [0.25, 0.3) is 5.91 Å². The molecule has 140 valence electrons. The van der Waals surface area contributed by atoms with Gasteiger partial charge in [-0.05, 0) is 44.1 Å². The van der Waals surface area contributed by atoms with Crippen molar-refractivity contribution in [2.75, 3.05) is 26.8 Å². The van der Waals surface area contributed by atoms with Crippen molar-refractivity contribution in [3.63, 3.8) is 0 Å². The van der Waals surface area contributed by atoms with E-state index < -0.39 is 0 Å². The SMILES string of the molecule is COC1CCCOC12CCN(C(=O)c1cc(CC(C)C)nn1C)CC2. The molecule has 1 aromatic heterocycles. The number of carbonyl (C=O) groups excluding carboxylic acids is 1. The van der Waals surface area contributed by atoms with Crippen LogP contribution in [0.5, 0.6) is 0 Å². The molecule has 1 amide bonds. The number of aromatic nitrogens is 2. The summed E-state index contributed by atoms with van der Waals surface area (Å²) in [5, 5.41) is 4.50. The Morgan fingerprint density at radius 2 is 2.16 bits per heavy atom. The van der Waals surface area contributed by atoms with Gasteiger partial charge in [0.1, 0.15) is 5.69 Å². The third-order valence-corrected chi connectivity index (χ3v) is 5.54. The van der Waals surface area contributed by atoms with Gasteiger partial charge in [0.2, 0.25) is 0 Å². The minimum Gasteiger partial charge on any atom is -0.378 e. The lowest BCUT2D eigenvalue weighted by Crippen LogP contribution is -2.56. The van der Waals surface area contributed by atoms with E-state index in [0.29, 0.717) is 24.7 Å². The molecule has 6 nitrogen and oxygen atoms in total. The lowest BCUT2D eigenvalue weighted by atomic mass is 9.82. The van der Waals surface area contributed by atoms with Crippen molar-refractivity contribution >= 4 is 5.91 Å². The number of carbonyl (C=O) groups is 1. The van der Waals surface area contributed by atoms with Crippen molar-refractivity contribution in [2.24, 2.45) is 13.0 Å². The largest absolute Gasteiger partial charge is 0.378 e. The summed E-state index contributed by atoms with van der Waals surface area (Å²) >= 11 is 0.